The summed E-state index contributed by atoms with van der Waals surface area (Å²) in [6.45, 7) is 2.28. The molecule has 0 atom stereocenters. The predicted octanol–water partition coefficient (Wildman–Crippen LogP) is 6.14. The van der Waals surface area contributed by atoms with Gasteiger partial charge in [0.2, 0.25) is 5.13 Å². The zero-order valence-electron chi connectivity index (χ0n) is 20.1. The summed E-state index contributed by atoms with van der Waals surface area (Å²) in [6, 6.07) is 18.2. The Morgan fingerprint density at radius 2 is 1.81 bits per heavy atom. The molecule has 0 saturated heterocycles. The van der Waals surface area contributed by atoms with E-state index in [4.69, 9.17) is 9.47 Å². The first-order valence-corrected chi connectivity index (χ1v) is 12.5. The molecule has 3 aromatic carbocycles. The summed E-state index contributed by atoms with van der Waals surface area (Å²) in [7, 11) is 0. The quantitative estimate of drug-likeness (QED) is 0.146. The highest BCUT2D eigenvalue weighted by Gasteiger charge is 2.10. The van der Waals surface area contributed by atoms with Gasteiger partial charge in [0.05, 0.1) is 24.9 Å². The maximum Gasteiger partial charge on any atom is 0.311 e. The fraction of sp³-hybridized carbons (Fsp3) is 0.179. The van der Waals surface area contributed by atoms with Crippen molar-refractivity contribution in [2.75, 3.05) is 12.0 Å². The van der Waals surface area contributed by atoms with Gasteiger partial charge < -0.3 is 9.47 Å². The maximum atomic E-state index is 13.8. The lowest BCUT2D eigenvalue weighted by Crippen LogP contribution is -2.07. The van der Waals surface area contributed by atoms with Gasteiger partial charge in [0.1, 0.15) is 24.0 Å². The van der Waals surface area contributed by atoms with E-state index >= 15 is 0 Å². The van der Waals surface area contributed by atoms with Crippen LogP contribution in [0, 0.1) is 11.6 Å². The molecule has 0 aliphatic rings. The number of nitrogens with zero attached hydrogens (tertiary/aromatic N) is 2. The van der Waals surface area contributed by atoms with Gasteiger partial charge in [-0.05, 0) is 71.6 Å². The van der Waals surface area contributed by atoms with Crippen LogP contribution in [0.15, 0.2) is 77.2 Å². The van der Waals surface area contributed by atoms with Crippen molar-refractivity contribution in [3.8, 4) is 5.75 Å². The van der Waals surface area contributed by atoms with E-state index in [1.54, 1.807) is 36.7 Å². The van der Waals surface area contributed by atoms with E-state index in [0.717, 1.165) is 16.7 Å². The van der Waals surface area contributed by atoms with Crippen LogP contribution < -0.4 is 10.2 Å². The summed E-state index contributed by atoms with van der Waals surface area (Å²) in [6.07, 6.45) is 2.18. The monoisotopic (exact) mass is 521 g/mol. The number of hydrogen-bond acceptors (Lipinski definition) is 7. The number of esters is 1. The second-order valence-corrected chi connectivity index (χ2v) is 8.95. The highest BCUT2D eigenvalue weighted by atomic mass is 32.1. The van der Waals surface area contributed by atoms with Gasteiger partial charge in [-0.15, -0.1) is 11.3 Å². The molecular formula is C28H25F2N3O3S. The van der Waals surface area contributed by atoms with Gasteiger partial charge in [-0.1, -0.05) is 24.3 Å². The Morgan fingerprint density at radius 3 is 2.57 bits per heavy atom. The lowest BCUT2D eigenvalue weighted by atomic mass is 10.0. The summed E-state index contributed by atoms with van der Waals surface area (Å²) >= 11 is 1.33. The van der Waals surface area contributed by atoms with E-state index in [1.807, 2.05) is 24.3 Å². The van der Waals surface area contributed by atoms with Gasteiger partial charge in [0.15, 0.2) is 0 Å². The van der Waals surface area contributed by atoms with Gasteiger partial charge in [0.25, 0.3) is 0 Å². The van der Waals surface area contributed by atoms with Crippen LogP contribution in [0.25, 0.3) is 0 Å². The fourth-order valence-electron chi connectivity index (χ4n) is 3.57. The number of ether oxygens (including phenoxy) is 2. The van der Waals surface area contributed by atoms with Crippen molar-refractivity contribution in [2.45, 2.75) is 26.4 Å². The van der Waals surface area contributed by atoms with Crippen LogP contribution in [-0.4, -0.2) is 23.8 Å². The molecule has 0 unspecified atom stereocenters. The van der Waals surface area contributed by atoms with Gasteiger partial charge >= 0.3 is 5.97 Å². The molecular weight excluding hydrogens is 496 g/mol. The molecule has 0 amide bonds. The van der Waals surface area contributed by atoms with E-state index in [-0.39, 0.29) is 30.6 Å². The van der Waals surface area contributed by atoms with E-state index in [1.165, 1.54) is 35.6 Å². The van der Waals surface area contributed by atoms with Crippen LogP contribution in [0.3, 0.4) is 0 Å². The van der Waals surface area contributed by atoms with E-state index in [0.29, 0.717) is 35.2 Å². The van der Waals surface area contributed by atoms with Crippen LogP contribution in [-0.2, 0) is 29.0 Å². The third kappa shape index (κ3) is 7.94. The summed E-state index contributed by atoms with van der Waals surface area (Å²) in [4.78, 5) is 15.9. The van der Waals surface area contributed by atoms with Crippen molar-refractivity contribution in [3.05, 3.63) is 112 Å². The summed E-state index contributed by atoms with van der Waals surface area (Å²) < 4.78 is 38.2. The Hall–Kier alpha value is -4.11. The number of nitrogens with one attached hydrogen (secondary N) is 1. The Kier molecular flexibility index (Phi) is 8.93. The van der Waals surface area contributed by atoms with E-state index in [2.05, 4.69) is 15.5 Å². The Balaban J connectivity index is 1.47. The molecule has 0 radical (unpaired) electrons. The zero-order valence-corrected chi connectivity index (χ0v) is 20.9. The highest BCUT2D eigenvalue weighted by molar-refractivity contribution is 7.13. The number of aromatic nitrogens is 1. The van der Waals surface area contributed by atoms with Gasteiger partial charge in [0, 0.05) is 11.8 Å². The SMILES string of the molecule is CCOC(=O)Cc1csc(NN=Cc2ccc(OCc3cccc(F)c3)c(Cc3cccc(F)c3)c2)n1. The van der Waals surface area contributed by atoms with Crippen molar-refractivity contribution in [1.82, 2.24) is 4.98 Å². The molecule has 4 rings (SSSR count). The van der Waals surface area contributed by atoms with E-state index < -0.39 is 0 Å². The minimum atomic E-state index is -0.326. The summed E-state index contributed by atoms with van der Waals surface area (Å²) in [5.41, 5.74) is 6.60. The fourth-order valence-corrected chi connectivity index (χ4v) is 4.23. The summed E-state index contributed by atoms with van der Waals surface area (Å²) in [5, 5.41) is 6.57. The van der Waals surface area contributed by atoms with Crippen LogP contribution in [0.1, 0.15) is 34.9 Å². The normalized spacial score (nSPS) is 11.0. The largest absolute Gasteiger partial charge is 0.489 e. The number of hydrazone groups is 1. The lowest BCUT2D eigenvalue weighted by Gasteiger charge is -2.13. The molecule has 190 valence electrons. The van der Waals surface area contributed by atoms with Crippen molar-refractivity contribution in [1.29, 1.82) is 0 Å². The van der Waals surface area contributed by atoms with Gasteiger partial charge in [-0.2, -0.15) is 5.10 Å². The average molecular weight is 522 g/mol. The predicted molar refractivity (Wildman–Crippen MR) is 140 cm³/mol. The molecule has 4 aromatic rings. The molecule has 0 aliphatic heterocycles. The summed E-state index contributed by atoms with van der Waals surface area (Å²) in [5.74, 6) is -0.351. The molecule has 0 bridgehead atoms. The molecule has 37 heavy (non-hydrogen) atoms. The van der Waals surface area contributed by atoms with Crippen LogP contribution in [0.2, 0.25) is 0 Å². The third-order valence-corrected chi connectivity index (χ3v) is 6.00. The molecule has 0 saturated carbocycles. The highest BCUT2D eigenvalue weighted by Crippen LogP contribution is 2.25. The van der Waals surface area contributed by atoms with Crippen LogP contribution >= 0.6 is 11.3 Å². The zero-order chi connectivity index (χ0) is 26.0. The molecule has 9 heteroatoms. The number of benzene rings is 3. The van der Waals surface area contributed by atoms with Crippen molar-refractivity contribution in [3.63, 3.8) is 0 Å². The number of carbonyl (C=O) groups excluding carboxylic acids is 1. The number of carbonyl (C=O) groups is 1. The number of halogens is 2. The van der Waals surface area contributed by atoms with Gasteiger partial charge in [-0.3, -0.25) is 10.2 Å². The van der Waals surface area contributed by atoms with Crippen molar-refractivity contribution >= 4 is 28.7 Å². The molecule has 0 spiro atoms. The first kappa shape index (κ1) is 26.0. The first-order valence-electron chi connectivity index (χ1n) is 11.6. The Morgan fingerprint density at radius 1 is 1.05 bits per heavy atom. The number of hydrogen-bond donors (Lipinski definition) is 1. The maximum absolute atomic E-state index is 13.8. The number of rotatable bonds is 11. The molecule has 0 fully saturated rings. The van der Waals surface area contributed by atoms with Crippen LogP contribution in [0.5, 0.6) is 5.75 Å². The number of anilines is 1. The number of thiazole rings is 1. The molecule has 1 heterocycles. The molecule has 1 aromatic heterocycles. The first-order chi connectivity index (χ1) is 18.0. The topological polar surface area (TPSA) is 72.8 Å². The van der Waals surface area contributed by atoms with Crippen LogP contribution in [0.4, 0.5) is 13.9 Å². The second kappa shape index (κ2) is 12.7. The Labute approximate surface area is 217 Å². The van der Waals surface area contributed by atoms with Crippen molar-refractivity contribution < 1.29 is 23.0 Å². The van der Waals surface area contributed by atoms with Gasteiger partial charge in [-0.25, -0.2) is 13.8 Å². The van der Waals surface area contributed by atoms with Crippen molar-refractivity contribution in [2.24, 2.45) is 5.10 Å². The molecule has 6 nitrogen and oxygen atoms in total. The molecule has 0 aliphatic carbocycles. The third-order valence-electron chi connectivity index (χ3n) is 5.21. The second-order valence-electron chi connectivity index (χ2n) is 8.09. The standard InChI is InChI=1S/C28H25F2N3O3S/c1-2-35-27(34)15-25-18-37-28(32-25)33-31-16-20-9-10-26(36-17-21-6-4-8-24(30)14-21)22(12-20)11-19-5-3-7-23(29)13-19/h3-10,12-14,16,18H,2,11,15,17H2,1H3,(H,32,33). The molecule has 1 N–H and O–H groups in total. The smallest absolute Gasteiger partial charge is 0.311 e. The Bertz CT molecular complexity index is 1390. The lowest BCUT2D eigenvalue weighted by molar-refractivity contribution is -0.142. The average Bonchev–Trinajstić information content (AvgIpc) is 3.30. The minimum Gasteiger partial charge on any atom is -0.489 e. The minimum absolute atomic E-state index is 0.107. The van der Waals surface area contributed by atoms with E-state index in [9.17, 15) is 13.6 Å².